The summed E-state index contributed by atoms with van der Waals surface area (Å²) in [6, 6.07) is 16.7. The van der Waals surface area contributed by atoms with Crippen molar-refractivity contribution in [3.05, 3.63) is 99.9 Å². The van der Waals surface area contributed by atoms with Gasteiger partial charge in [0.1, 0.15) is 17.0 Å². The van der Waals surface area contributed by atoms with E-state index < -0.39 is 5.91 Å². The van der Waals surface area contributed by atoms with E-state index in [-0.39, 0.29) is 17.7 Å². The van der Waals surface area contributed by atoms with Gasteiger partial charge in [-0.05, 0) is 42.8 Å². The van der Waals surface area contributed by atoms with Crippen LogP contribution in [0.3, 0.4) is 0 Å². The number of rotatable bonds is 5. The quantitative estimate of drug-likeness (QED) is 0.582. The monoisotopic (exact) mass is 373 g/mol. The summed E-state index contributed by atoms with van der Waals surface area (Å²) in [6.45, 7) is 2.57. The third-order valence-electron chi connectivity index (χ3n) is 4.56. The van der Waals surface area contributed by atoms with Crippen molar-refractivity contribution < 1.29 is 9.21 Å². The molecule has 0 bridgehead atoms. The van der Waals surface area contributed by atoms with E-state index in [1.165, 1.54) is 6.26 Å². The lowest BCUT2D eigenvalue weighted by atomic mass is 10.1. The molecule has 6 nitrogen and oxygen atoms in total. The molecule has 4 aromatic rings. The number of nitrogens with zero attached hydrogens (tertiary/aromatic N) is 2. The number of fused-ring (bicyclic) bond motifs is 1. The van der Waals surface area contributed by atoms with Crippen LogP contribution < -0.4 is 10.9 Å². The number of amides is 1. The molecule has 0 spiro atoms. The Balaban J connectivity index is 1.73. The highest BCUT2D eigenvalue weighted by molar-refractivity contribution is 5.96. The molecule has 3 aromatic heterocycles. The molecule has 0 aliphatic heterocycles. The fourth-order valence-corrected chi connectivity index (χ4v) is 3.07. The Kier molecular flexibility index (Phi) is 4.76. The third kappa shape index (κ3) is 3.57. The van der Waals surface area contributed by atoms with Crippen molar-refractivity contribution in [2.24, 2.45) is 0 Å². The fourth-order valence-electron chi connectivity index (χ4n) is 3.07. The largest absolute Gasteiger partial charge is 0.467 e. The van der Waals surface area contributed by atoms with Gasteiger partial charge in [0.2, 0.25) is 0 Å². The summed E-state index contributed by atoms with van der Waals surface area (Å²) < 4.78 is 6.77. The number of carbonyl (C=O) groups excluding carboxylic acids is 1. The van der Waals surface area contributed by atoms with E-state index in [2.05, 4.69) is 10.3 Å². The highest BCUT2D eigenvalue weighted by Gasteiger charge is 2.16. The van der Waals surface area contributed by atoms with Gasteiger partial charge in [0, 0.05) is 11.6 Å². The molecule has 28 heavy (non-hydrogen) atoms. The summed E-state index contributed by atoms with van der Waals surface area (Å²) in [5, 5.41) is 3.47. The molecular weight excluding hydrogens is 354 g/mol. The molecule has 0 saturated heterocycles. The number of nitrogens with one attached hydrogen (secondary N) is 1. The fraction of sp³-hybridized carbons (Fsp3) is 0.136. The Hall–Kier alpha value is -3.67. The van der Waals surface area contributed by atoms with Gasteiger partial charge in [-0.25, -0.2) is 4.98 Å². The molecule has 0 aliphatic carbocycles. The van der Waals surface area contributed by atoms with Crippen LogP contribution in [0, 0.1) is 6.92 Å². The molecule has 4 rings (SSSR count). The van der Waals surface area contributed by atoms with Crippen molar-refractivity contribution in [1.82, 2.24) is 14.9 Å². The molecule has 1 amide bonds. The lowest BCUT2D eigenvalue weighted by Crippen LogP contribution is -2.33. The van der Waals surface area contributed by atoms with E-state index in [1.807, 2.05) is 37.3 Å². The Bertz CT molecular complexity index is 1180. The van der Waals surface area contributed by atoms with Crippen molar-refractivity contribution in [2.75, 3.05) is 0 Å². The van der Waals surface area contributed by atoms with Crippen LogP contribution in [0.25, 0.3) is 11.0 Å². The van der Waals surface area contributed by atoms with Crippen LogP contribution in [0.15, 0.2) is 76.3 Å². The number of furan rings is 1. The summed E-state index contributed by atoms with van der Waals surface area (Å²) in [5.41, 5.74) is 2.37. The van der Waals surface area contributed by atoms with Gasteiger partial charge >= 0.3 is 0 Å². The predicted molar refractivity (Wildman–Crippen MR) is 106 cm³/mol. The van der Waals surface area contributed by atoms with E-state index in [9.17, 15) is 9.59 Å². The number of aromatic nitrogens is 2. The number of aryl methyl sites for hydroxylation is 1. The van der Waals surface area contributed by atoms with Crippen LogP contribution >= 0.6 is 0 Å². The number of pyridine rings is 2. The lowest BCUT2D eigenvalue weighted by Gasteiger charge is -2.12. The molecule has 6 heteroatoms. The molecular formula is C22H19N3O3. The van der Waals surface area contributed by atoms with Gasteiger partial charge < -0.3 is 9.73 Å². The van der Waals surface area contributed by atoms with Gasteiger partial charge in [-0.3, -0.25) is 14.2 Å². The predicted octanol–water partition coefficient (Wildman–Crippen LogP) is 3.28. The van der Waals surface area contributed by atoms with Crippen LogP contribution in [-0.4, -0.2) is 15.5 Å². The first kappa shape index (κ1) is 17.7. The maximum Gasteiger partial charge on any atom is 0.265 e. The molecule has 0 aliphatic rings. The Morgan fingerprint density at radius 1 is 1.14 bits per heavy atom. The average Bonchev–Trinajstić information content (AvgIpc) is 3.23. The number of carbonyl (C=O) groups is 1. The van der Waals surface area contributed by atoms with Crippen molar-refractivity contribution in [1.29, 1.82) is 0 Å². The van der Waals surface area contributed by atoms with Gasteiger partial charge in [0.15, 0.2) is 0 Å². The number of hydrogen-bond donors (Lipinski definition) is 1. The van der Waals surface area contributed by atoms with Gasteiger partial charge in [-0.1, -0.05) is 29.8 Å². The topological polar surface area (TPSA) is 77.1 Å². The minimum Gasteiger partial charge on any atom is -0.467 e. The third-order valence-corrected chi connectivity index (χ3v) is 4.56. The summed E-state index contributed by atoms with van der Waals surface area (Å²) in [4.78, 5) is 30.1. The van der Waals surface area contributed by atoms with Crippen molar-refractivity contribution in [2.45, 2.75) is 20.0 Å². The van der Waals surface area contributed by atoms with Crippen molar-refractivity contribution >= 4 is 16.9 Å². The molecule has 0 fully saturated rings. The Labute approximate surface area is 161 Å². The standard InChI is InChI=1S/C22H19N3O3/c1-15-6-8-16(9-7-15)14-25-20-17(4-2-10-23-20)12-19(22(25)27)21(26)24-13-18-5-3-11-28-18/h2-12H,13-14H2,1H3,(H,24,26). The van der Waals surface area contributed by atoms with Crippen molar-refractivity contribution in [3.8, 4) is 0 Å². The van der Waals surface area contributed by atoms with E-state index >= 15 is 0 Å². The van der Waals surface area contributed by atoms with Crippen molar-refractivity contribution in [3.63, 3.8) is 0 Å². The zero-order chi connectivity index (χ0) is 19.5. The smallest absolute Gasteiger partial charge is 0.265 e. The molecule has 3 heterocycles. The van der Waals surface area contributed by atoms with Crippen LogP contribution in [0.5, 0.6) is 0 Å². The average molecular weight is 373 g/mol. The SMILES string of the molecule is Cc1ccc(Cn2c(=O)c(C(=O)NCc3ccco3)cc3cccnc32)cc1. The summed E-state index contributed by atoms with van der Waals surface area (Å²) in [7, 11) is 0. The number of benzene rings is 1. The second-order valence-corrected chi connectivity index (χ2v) is 6.61. The minimum absolute atomic E-state index is 0.0826. The Morgan fingerprint density at radius 2 is 1.96 bits per heavy atom. The number of hydrogen-bond acceptors (Lipinski definition) is 4. The molecule has 1 aromatic carbocycles. The zero-order valence-electron chi connectivity index (χ0n) is 15.4. The maximum atomic E-state index is 13.1. The summed E-state index contributed by atoms with van der Waals surface area (Å²) >= 11 is 0. The second kappa shape index (κ2) is 7.52. The first-order valence-electron chi connectivity index (χ1n) is 8.96. The second-order valence-electron chi connectivity index (χ2n) is 6.61. The van der Waals surface area contributed by atoms with Gasteiger partial charge in [-0.2, -0.15) is 0 Å². The van der Waals surface area contributed by atoms with Crippen LogP contribution in [0.1, 0.15) is 27.2 Å². The van der Waals surface area contributed by atoms with Crippen LogP contribution in [-0.2, 0) is 13.1 Å². The van der Waals surface area contributed by atoms with Crippen LogP contribution in [0.2, 0.25) is 0 Å². The molecule has 0 atom stereocenters. The first-order valence-corrected chi connectivity index (χ1v) is 8.96. The first-order chi connectivity index (χ1) is 13.6. The van der Waals surface area contributed by atoms with Crippen LogP contribution in [0.4, 0.5) is 0 Å². The molecule has 1 N–H and O–H groups in total. The van der Waals surface area contributed by atoms with E-state index in [0.717, 1.165) is 16.5 Å². The zero-order valence-corrected chi connectivity index (χ0v) is 15.4. The molecule has 0 radical (unpaired) electrons. The minimum atomic E-state index is -0.440. The molecule has 140 valence electrons. The maximum absolute atomic E-state index is 13.1. The summed E-state index contributed by atoms with van der Waals surface area (Å²) in [6.07, 6.45) is 3.18. The Morgan fingerprint density at radius 3 is 2.71 bits per heavy atom. The molecule has 0 unspecified atom stereocenters. The van der Waals surface area contributed by atoms with Gasteiger partial charge in [-0.15, -0.1) is 0 Å². The van der Waals surface area contributed by atoms with E-state index in [4.69, 9.17) is 4.42 Å². The molecule has 0 saturated carbocycles. The van der Waals surface area contributed by atoms with E-state index in [0.29, 0.717) is 18.0 Å². The van der Waals surface area contributed by atoms with Gasteiger partial charge in [0.25, 0.3) is 11.5 Å². The van der Waals surface area contributed by atoms with Gasteiger partial charge in [0.05, 0.1) is 19.4 Å². The highest BCUT2D eigenvalue weighted by Crippen LogP contribution is 2.14. The van der Waals surface area contributed by atoms with E-state index in [1.54, 1.807) is 35.0 Å². The summed E-state index contributed by atoms with van der Waals surface area (Å²) in [5.74, 6) is 0.181. The normalized spacial score (nSPS) is 10.9. The highest BCUT2D eigenvalue weighted by atomic mass is 16.3. The lowest BCUT2D eigenvalue weighted by molar-refractivity contribution is 0.0946.